The summed E-state index contributed by atoms with van der Waals surface area (Å²) in [5.74, 6) is 0.843. The minimum atomic E-state index is 0.140. The highest BCUT2D eigenvalue weighted by Gasteiger charge is 2.04. The van der Waals surface area contributed by atoms with Crippen LogP contribution in [0.1, 0.15) is 25.8 Å². The van der Waals surface area contributed by atoms with E-state index in [1.807, 2.05) is 24.3 Å². The van der Waals surface area contributed by atoms with Gasteiger partial charge in [-0.1, -0.05) is 19.0 Å². The van der Waals surface area contributed by atoms with Crippen molar-refractivity contribution < 1.29 is 5.21 Å². The summed E-state index contributed by atoms with van der Waals surface area (Å²) in [6, 6.07) is 7.67. The largest absolute Gasteiger partial charge is 0.409 e. The van der Waals surface area contributed by atoms with Crippen molar-refractivity contribution >= 4 is 11.5 Å². The average molecular weight is 235 g/mol. The molecule has 1 rings (SSSR count). The first-order valence-corrected chi connectivity index (χ1v) is 5.83. The number of nitrogens with zero attached hydrogens (tertiary/aromatic N) is 2. The summed E-state index contributed by atoms with van der Waals surface area (Å²) in [4.78, 5) is 2.20. The van der Waals surface area contributed by atoms with Crippen LogP contribution in [0.4, 0.5) is 5.69 Å². The second kappa shape index (κ2) is 6.13. The molecular formula is C13H21N3O. The van der Waals surface area contributed by atoms with E-state index in [4.69, 9.17) is 10.9 Å². The van der Waals surface area contributed by atoms with Crippen LogP contribution in [0, 0.1) is 5.92 Å². The number of benzene rings is 1. The van der Waals surface area contributed by atoms with Gasteiger partial charge in [0, 0.05) is 24.8 Å². The molecule has 0 heterocycles. The second-order valence-electron chi connectivity index (χ2n) is 4.64. The van der Waals surface area contributed by atoms with E-state index in [9.17, 15) is 0 Å². The third-order valence-corrected chi connectivity index (χ3v) is 2.75. The fourth-order valence-corrected chi connectivity index (χ4v) is 1.53. The maximum atomic E-state index is 8.56. The summed E-state index contributed by atoms with van der Waals surface area (Å²) in [5.41, 5.74) is 7.37. The number of amidine groups is 1. The molecule has 0 aromatic heterocycles. The zero-order valence-electron chi connectivity index (χ0n) is 10.7. The van der Waals surface area contributed by atoms with E-state index in [1.54, 1.807) is 0 Å². The topological polar surface area (TPSA) is 61.8 Å². The van der Waals surface area contributed by atoms with Crippen LogP contribution >= 0.6 is 0 Å². The first-order valence-electron chi connectivity index (χ1n) is 5.83. The van der Waals surface area contributed by atoms with Gasteiger partial charge in [0.15, 0.2) is 5.84 Å². The Balaban J connectivity index is 2.67. The molecule has 1 aromatic rings. The molecule has 4 heteroatoms. The molecule has 0 bridgehead atoms. The Morgan fingerprint density at radius 2 is 1.94 bits per heavy atom. The van der Waals surface area contributed by atoms with Crippen molar-refractivity contribution in [2.45, 2.75) is 20.3 Å². The predicted octanol–water partition coefficient (Wildman–Crippen LogP) is 2.26. The second-order valence-corrected chi connectivity index (χ2v) is 4.64. The summed E-state index contributed by atoms with van der Waals surface area (Å²) in [6.45, 7) is 5.46. The molecule has 0 aliphatic heterocycles. The van der Waals surface area contributed by atoms with Crippen LogP contribution in [0.5, 0.6) is 0 Å². The van der Waals surface area contributed by atoms with Crippen LogP contribution in [0.25, 0.3) is 0 Å². The van der Waals surface area contributed by atoms with Crippen molar-refractivity contribution in [3.05, 3.63) is 29.8 Å². The maximum Gasteiger partial charge on any atom is 0.170 e. The molecule has 0 unspecified atom stereocenters. The predicted molar refractivity (Wildman–Crippen MR) is 71.7 cm³/mol. The first kappa shape index (κ1) is 13.4. The molecule has 0 amide bonds. The van der Waals surface area contributed by atoms with Crippen LogP contribution < -0.4 is 10.6 Å². The molecule has 1 aromatic carbocycles. The van der Waals surface area contributed by atoms with Gasteiger partial charge in [0.2, 0.25) is 0 Å². The number of nitrogens with two attached hydrogens (primary N) is 1. The van der Waals surface area contributed by atoms with Crippen molar-refractivity contribution in [1.29, 1.82) is 0 Å². The molecule has 0 fully saturated rings. The van der Waals surface area contributed by atoms with Gasteiger partial charge in [-0.05, 0) is 36.6 Å². The summed E-state index contributed by atoms with van der Waals surface area (Å²) < 4.78 is 0. The monoisotopic (exact) mass is 235 g/mol. The van der Waals surface area contributed by atoms with E-state index in [1.165, 1.54) is 6.42 Å². The van der Waals surface area contributed by atoms with Crippen molar-refractivity contribution in [3.63, 3.8) is 0 Å². The first-order chi connectivity index (χ1) is 8.04. The number of oxime groups is 1. The van der Waals surface area contributed by atoms with E-state index >= 15 is 0 Å². The molecule has 0 aliphatic carbocycles. The smallest absolute Gasteiger partial charge is 0.170 e. The lowest BCUT2D eigenvalue weighted by molar-refractivity contribution is 0.318. The van der Waals surface area contributed by atoms with Gasteiger partial charge >= 0.3 is 0 Å². The van der Waals surface area contributed by atoms with E-state index in [0.29, 0.717) is 5.92 Å². The average Bonchev–Trinajstić information content (AvgIpc) is 2.35. The van der Waals surface area contributed by atoms with E-state index in [2.05, 4.69) is 31.0 Å². The summed E-state index contributed by atoms with van der Waals surface area (Å²) in [7, 11) is 2.07. The van der Waals surface area contributed by atoms with Crippen LogP contribution in [-0.2, 0) is 0 Å². The molecule has 3 N–H and O–H groups in total. The van der Waals surface area contributed by atoms with Crippen LogP contribution in [0.2, 0.25) is 0 Å². The Kier molecular flexibility index (Phi) is 4.82. The summed E-state index contributed by atoms with van der Waals surface area (Å²) in [6.07, 6.45) is 1.17. The SMILES string of the molecule is CC(C)CCN(C)c1ccc(C(N)=NO)cc1. The van der Waals surface area contributed by atoms with E-state index in [0.717, 1.165) is 17.8 Å². The van der Waals surface area contributed by atoms with Gasteiger partial charge < -0.3 is 15.8 Å². The highest BCUT2D eigenvalue weighted by atomic mass is 16.4. The third kappa shape index (κ3) is 3.98. The lowest BCUT2D eigenvalue weighted by Crippen LogP contribution is -2.20. The fraction of sp³-hybridized carbons (Fsp3) is 0.462. The number of hydrogen-bond acceptors (Lipinski definition) is 3. The van der Waals surface area contributed by atoms with Crippen molar-refractivity contribution in [3.8, 4) is 0 Å². The molecule has 0 atom stereocenters. The zero-order valence-corrected chi connectivity index (χ0v) is 10.7. The lowest BCUT2D eigenvalue weighted by atomic mass is 10.1. The fourth-order valence-electron chi connectivity index (χ4n) is 1.53. The van der Waals surface area contributed by atoms with Gasteiger partial charge in [0.05, 0.1) is 0 Å². The maximum absolute atomic E-state index is 8.56. The Morgan fingerprint density at radius 1 is 1.35 bits per heavy atom. The molecule has 17 heavy (non-hydrogen) atoms. The molecule has 0 spiro atoms. The van der Waals surface area contributed by atoms with E-state index in [-0.39, 0.29) is 5.84 Å². The van der Waals surface area contributed by atoms with Crippen molar-refractivity contribution in [2.24, 2.45) is 16.8 Å². The normalized spacial score (nSPS) is 11.9. The van der Waals surface area contributed by atoms with Crippen molar-refractivity contribution in [2.75, 3.05) is 18.5 Å². The Bertz CT molecular complexity index is 371. The molecular weight excluding hydrogens is 214 g/mol. The van der Waals surface area contributed by atoms with Gasteiger partial charge in [0.25, 0.3) is 0 Å². The lowest BCUT2D eigenvalue weighted by Gasteiger charge is -2.20. The van der Waals surface area contributed by atoms with Crippen LogP contribution in [0.15, 0.2) is 29.4 Å². The van der Waals surface area contributed by atoms with Gasteiger partial charge in [0.1, 0.15) is 0 Å². The summed E-state index contributed by atoms with van der Waals surface area (Å²) in [5, 5.41) is 11.5. The summed E-state index contributed by atoms with van der Waals surface area (Å²) >= 11 is 0. The minimum Gasteiger partial charge on any atom is -0.409 e. The molecule has 94 valence electrons. The van der Waals surface area contributed by atoms with Gasteiger partial charge in [-0.15, -0.1) is 0 Å². The minimum absolute atomic E-state index is 0.140. The van der Waals surface area contributed by atoms with Crippen LogP contribution in [0.3, 0.4) is 0 Å². The molecule has 4 nitrogen and oxygen atoms in total. The van der Waals surface area contributed by atoms with Gasteiger partial charge in [-0.3, -0.25) is 0 Å². The number of rotatable bonds is 5. The quantitative estimate of drug-likeness (QED) is 0.356. The Labute approximate surface area is 103 Å². The highest BCUT2D eigenvalue weighted by molar-refractivity contribution is 5.97. The Morgan fingerprint density at radius 3 is 2.41 bits per heavy atom. The van der Waals surface area contributed by atoms with Crippen molar-refractivity contribution in [1.82, 2.24) is 0 Å². The number of anilines is 1. The molecule has 0 radical (unpaired) electrons. The molecule has 0 saturated heterocycles. The Hall–Kier alpha value is -1.71. The van der Waals surface area contributed by atoms with E-state index < -0.39 is 0 Å². The number of hydrogen-bond donors (Lipinski definition) is 2. The van der Waals surface area contributed by atoms with Gasteiger partial charge in [-0.25, -0.2) is 0 Å². The standard InChI is InChI=1S/C13H21N3O/c1-10(2)8-9-16(3)12-6-4-11(5-7-12)13(14)15-17/h4-7,10,17H,8-9H2,1-3H3,(H2,14,15). The molecule has 0 aliphatic rings. The van der Waals surface area contributed by atoms with Gasteiger partial charge in [-0.2, -0.15) is 0 Å². The highest BCUT2D eigenvalue weighted by Crippen LogP contribution is 2.15. The third-order valence-electron chi connectivity index (χ3n) is 2.75. The molecule has 0 saturated carbocycles. The zero-order chi connectivity index (χ0) is 12.8. The van der Waals surface area contributed by atoms with Crippen LogP contribution in [-0.4, -0.2) is 24.6 Å².